The number of aliphatic carboxylic acids is 1. The Kier molecular flexibility index (Phi) is 7.29. The minimum atomic E-state index is -1.02. The van der Waals surface area contributed by atoms with Crippen LogP contribution in [0.15, 0.2) is 18.2 Å². The van der Waals surface area contributed by atoms with Crippen LogP contribution in [0.1, 0.15) is 25.3 Å². The lowest BCUT2D eigenvalue weighted by Gasteiger charge is -2.42. The van der Waals surface area contributed by atoms with Crippen LogP contribution < -0.4 is 4.74 Å². The van der Waals surface area contributed by atoms with Crippen LogP contribution in [-0.2, 0) is 16.1 Å². The number of carbonyl (C=O) groups is 1. The van der Waals surface area contributed by atoms with Crippen molar-refractivity contribution in [3.05, 3.63) is 28.8 Å². The zero-order chi connectivity index (χ0) is 19.3. The molecule has 2 rings (SSSR count). The van der Waals surface area contributed by atoms with Crippen LogP contribution in [0.4, 0.5) is 0 Å². The molecule has 6 nitrogen and oxygen atoms in total. The number of likely N-dealkylation sites (tertiary alicyclic amines) is 1. The first-order valence-corrected chi connectivity index (χ1v) is 9.22. The van der Waals surface area contributed by atoms with Gasteiger partial charge in [-0.3, -0.25) is 4.90 Å². The third-order valence-electron chi connectivity index (χ3n) is 4.86. The summed E-state index contributed by atoms with van der Waals surface area (Å²) in [4.78, 5) is 15.5. The van der Waals surface area contributed by atoms with Gasteiger partial charge in [-0.05, 0) is 51.6 Å². The third kappa shape index (κ3) is 5.58. The largest absolute Gasteiger partial charge is 0.479 e. The van der Waals surface area contributed by atoms with Gasteiger partial charge in [-0.25, -0.2) is 4.79 Å². The van der Waals surface area contributed by atoms with E-state index < -0.39 is 12.1 Å². The topological polar surface area (TPSA) is 62.2 Å². The molecule has 1 aromatic carbocycles. The molecule has 1 atom stereocenters. The van der Waals surface area contributed by atoms with Crippen LogP contribution in [0.2, 0.25) is 5.02 Å². The summed E-state index contributed by atoms with van der Waals surface area (Å²) in [6, 6.07) is 5.53. The number of piperidine rings is 1. The molecule has 1 aliphatic heterocycles. The van der Waals surface area contributed by atoms with Crippen molar-refractivity contribution in [2.75, 3.05) is 40.8 Å². The molecule has 1 aliphatic rings. The molecule has 1 N–H and O–H groups in total. The number of hydrogen-bond acceptors (Lipinski definition) is 5. The number of nitrogens with zero attached hydrogens (tertiary/aromatic N) is 2. The van der Waals surface area contributed by atoms with Crippen molar-refractivity contribution in [2.45, 2.75) is 38.0 Å². The van der Waals surface area contributed by atoms with Gasteiger partial charge in [0.25, 0.3) is 0 Å². The average molecular weight is 385 g/mol. The maximum absolute atomic E-state index is 10.9. The van der Waals surface area contributed by atoms with Crippen LogP contribution in [0.25, 0.3) is 0 Å². The Morgan fingerprint density at radius 3 is 2.54 bits per heavy atom. The summed E-state index contributed by atoms with van der Waals surface area (Å²) in [6.07, 6.45) is 1.05. The Morgan fingerprint density at radius 1 is 1.38 bits per heavy atom. The summed E-state index contributed by atoms with van der Waals surface area (Å²) in [6.45, 7) is 5.14. The lowest BCUT2D eigenvalue weighted by Crippen LogP contribution is -2.50. The van der Waals surface area contributed by atoms with Crippen LogP contribution in [0, 0.1) is 0 Å². The summed E-state index contributed by atoms with van der Waals surface area (Å²) >= 11 is 6.26. The molecular weight excluding hydrogens is 356 g/mol. The normalized spacial score (nSPS) is 18.7. The van der Waals surface area contributed by atoms with Crippen LogP contribution in [0.3, 0.4) is 0 Å². The predicted octanol–water partition coefficient (Wildman–Crippen LogP) is 2.73. The van der Waals surface area contributed by atoms with E-state index in [0.717, 1.165) is 44.6 Å². The number of halogens is 1. The summed E-state index contributed by atoms with van der Waals surface area (Å²) in [5.74, 6) is -0.619. The lowest BCUT2D eigenvalue weighted by atomic mass is 9.90. The van der Waals surface area contributed by atoms with Gasteiger partial charge in [0.15, 0.2) is 6.10 Å². The molecule has 0 spiro atoms. The van der Waals surface area contributed by atoms with Gasteiger partial charge in [0.05, 0.1) is 10.6 Å². The first-order chi connectivity index (χ1) is 12.2. The molecule has 0 bridgehead atoms. The Balaban J connectivity index is 1.94. The summed E-state index contributed by atoms with van der Waals surface area (Å²) in [5, 5.41) is 9.37. The van der Waals surface area contributed by atoms with E-state index in [0.29, 0.717) is 10.8 Å². The molecular formula is C19H29ClN2O4. The first-order valence-electron chi connectivity index (χ1n) is 8.85. The number of benzene rings is 1. The maximum atomic E-state index is 10.9. The van der Waals surface area contributed by atoms with E-state index in [4.69, 9.17) is 26.2 Å². The maximum Gasteiger partial charge on any atom is 0.344 e. The molecule has 0 amide bonds. The second kappa shape index (κ2) is 9.04. The van der Waals surface area contributed by atoms with E-state index in [-0.39, 0.29) is 5.60 Å². The van der Waals surface area contributed by atoms with Crippen molar-refractivity contribution in [1.29, 1.82) is 0 Å². The second-order valence-corrected chi connectivity index (χ2v) is 7.67. The quantitative estimate of drug-likeness (QED) is 0.743. The number of hydrogen-bond donors (Lipinski definition) is 1. The molecule has 0 aromatic heterocycles. The predicted molar refractivity (Wildman–Crippen MR) is 102 cm³/mol. The molecule has 0 aliphatic carbocycles. The molecule has 1 aromatic rings. The summed E-state index contributed by atoms with van der Waals surface area (Å²) in [5.41, 5.74) is 1.02. The highest BCUT2D eigenvalue weighted by atomic mass is 35.5. The van der Waals surface area contributed by atoms with Gasteiger partial charge >= 0.3 is 5.97 Å². The molecule has 1 saturated heterocycles. The van der Waals surface area contributed by atoms with Crippen LogP contribution in [-0.4, -0.2) is 73.4 Å². The first kappa shape index (κ1) is 21.0. The van der Waals surface area contributed by atoms with E-state index in [9.17, 15) is 4.79 Å². The molecule has 1 heterocycles. The highest BCUT2D eigenvalue weighted by Gasteiger charge is 2.35. The highest BCUT2D eigenvalue weighted by Crippen LogP contribution is 2.30. The Bertz CT molecular complexity index is 616. The Hall–Kier alpha value is -1.34. The van der Waals surface area contributed by atoms with E-state index in [1.54, 1.807) is 13.2 Å². The fourth-order valence-electron chi connectivity index (χ4n) is 3.36. The van der Waals surface area contributed by atoms with Gasteiger partial charge in [0.2, 0.25) is 0 Å². The van der Waals surface area contributed by atoms with Crippen molar-refractivity contribution in [2.24, 2.45) is 0 Å². The minimum Gasteiger partial charge on any atom is -0.479 e. The Morgan fingerprint density at radius 2 is 2.04 bits per heavy atom. The summed E-state index contributed by atoms with van der Waals surface area (Å²) in [7, 11) is 5.95. The number of likely N-dealkylation sites (N-methyl/N-ethyl adjacent to an activating group) is 1. The molecule has 146 valence electrons. The standard InChI is InChI=1S/C19H29ClN2O4/c1-14(18(23)24)26-17-6-5-15(11-16(17)20)12-22-9-7-19(25-4,8-10-22)13-21(2)3/h5-6,11,14H,7-10,12-13H2,1-4H3,(H,23,24). The fourth-order valence-corrected chi connectivity index (χ4v) is 3.61. The van der Waals surface area contributed by atoms with Gasteiger partial charge in [0, 0.05) is 33.3 Å². The monoisotopic (exact) mass is 384 g/mol. The molecule has 0 radical (unpaired) electrons. The van der Waals surface area contributed by atoms with Crippen molar-refractivity contribution >= 4 is 17.6 Å². The van der Waals surface area contributed by atoms with E-state index in [1.807, 2.05) is 12.1 Å². The molecule has 1 unspecified atom stereocenters. The summed E-state index contributed by atoms with van der Waals surface area (Å²) < 4.78 is 11.2. The third-order valence-corrected chi connectivity index (χ3v) is 5.15. The molecule has 26 heavy (non-hydrogen) atoms. The van der Waals surface area contributed by atoms with Gasteiger partial charge < -0.3 is 19.5 Å². The number of rotatable bonds is 8. The number of carboxylic acids is 1. The number of methoxy groups -OCH3 is 1. The molecule has 0 saturated carbocycles. The van der Waals surface area contributed by atoms with Crippen molar-refractivity contribution in [3.63, 3.8) is 0 Å². The van der Waals surface area contributed by atoms with Crippen molar-refractivity contribution < 1.29 is 19.4 Å². The van der Waals surface area contributed by atoms with E-state index in [1.165, 1.54) is 6.92 Å². The lowest BCUT2D eigenvalue weighted by molar-refractivity contribution is -0.144. The van der Waals surface area contributed by atoms with Gasteiger partial charge in [-0.1, -0.05) is 17.7 Å². The van der Waals surface area contributed by atoms with Gasteiger partial charge in [-0.2, -0.15) is 0 Å². The molecule has 7 heteroatoms. The minimum absolute atomic E-state index is 0.0671. The number of carboxylic acid groups (broad SMARTS) is 1. The molecule has 1 fully saturated rings. The highest BCUT2D eigenvalue weighted by molar-refractivity contribution is 6.32. The zero-order valence-electron chi connectivity index (χ0n) is 16.0. The smallest absolute Gasteiger partial charge is 0.344 e. The van der Waals surface area contributed by atoms with Crippen molar-refractivity contribution in [3.8, 4) is 5.75 Å². The van der Waals surface area contributed by atoms with Gasteiger partial charge in [0.1, 0.15) is 5.75 Å². The Labute approximate surface area is 160 Å². The SMILES string of the molecule is COC1(CN(C)C)CCN(Cc2ccc(OC(C)C(=O)O)c(Cl)c2)CC1. The van der Waals surface area contributed by atoms with Gasteiger partial charge in [-0.15, -0.1) is 0 Å². The fraction of sp³-hybridized carbons (Fsp3) is 0.632. The zero-order valence-corrected chi connectivity index (χ0v) is 16.8. The van der Waals surface area contributed by atoms with E-state index in [2.05, 4.69) is 23.9 Å². The average Bonchev–Trinajstić information content (AvgIpc) is 2.58. The number of ether oxygens (including phenoxy) is 2. The second-order valence-electron chi connectivity index (χ2n) is 7.26. The van der Waals surface area contributed by atoms with Crippen LogP contribution >= 0.6 is 11.6 Å². The van der Waals surface area contributed by atoms with Crippen molar-refractivity contribution in [1.82, 2.24) is 9.80 Å². The van der Waals surface area contributed by atoms with Crippen LogP contribution in [0.5, 0.6) is 5.75 Å². The van der Waals surface area contributed by atoms with E-state index >= 15 is 0 Å².